The monoisotopic (exact) mass is 800 g/mol. The highest BCUT2D eigenvalue weighted by Gasteiger charge is 2.25. The topological polar surface area (TPSA) is 184 Å². The summed E-state index contributed by atoms with van der Waals surface area (Å²) >= 11 is 0. The van der Waals surface area contributed by atoms with Crippen molar-refractivity contribution in [3.8, 4) is 56.8 Å². The predicted molar refractivity (Wildman–Crippen MR) is 202 cm³/mol. The van der Waals surface area contributed by atoms with Crippen LogP contribution in [0.3, 0.4) is 0 Å². The number of hydrogen-bond donors (Lipinski definition) is 0. The first-order valence-electron chi connectivity index (χ1n) is 17.2. The Kier molecular flexibility index (Phi) is 12.6. The van der Waals surface area contributed by atoms with Crippen LogP contribution in [0.25, 0.3) is 45.0 Å². The van der Waals surface area contributed by atoms with E-state index in [0.29, 0.717) is 41.5 Å². The molecule has 7 rings (SSSR count). The highest BCUT2D eigenvalue weighted by molar-refractivity contribution is 7.90. The fraction of sp³-hybridized carbons (Fsp3) is 0.179. The van der Waals surface area contributed by atoms with Gasteiger partial charge in [0.15, 0.2) is 13.5 Å². The van der Waals surface area contributed by atoms with Crippen molar-refractivity contribution in [2.75, 3.05) is 19.5 Å². The van der Waals surface area contributed by atoms with Gasteiger partial charge in [-0.15, -0.1) is 0 Å². The minimum atomic E-state index is -3.66. The normalized spacial score (nSPS) is 11.2. The number of ether oxygens (including phenoxy) is 3. The molecular weight excluding hydrogens is 767 g/mol. The van der Waals surface area contributed by atoms with Gasteiger partial charge in [0.05, 0.1) is 22.5 Å². The third kappa shape index (κ3) is 9.61. The molecule has 0 unspecified atom stereocenters. The lowest BCUT2D eigenvalue weighted by atomic mass is 10.0. The molecule has 0 radical (unpaired) electrons. The molecule has 0 fully saturated rings. The van der Waals surface area contributed by atoms with E-state index in [-0.39, 0.29) is 47.1 Å². The van der Waals surface area contributed by atoms with Crippen LogP contribution in [0.1, 0.15) is 13.8 Å². The number of benzene rings is 3. The van der Waals surface area contributed by atoms with E-state index in [9.17, 15) is 26.8 Å². The van der Waals surface area contributed by atoms with Crippen LogP contribution >= 0.6 is 0 Å². The first-order chi connectivity index (χ1) is 27.5. The molecule has 0 saturated carbocycles. The summed E-state index contributed by atoms with van der Waals surface area (Å²) in [4.78, 5) is 41.5. The van der Waals surface area contributed by atoms with E-state index in [2.05, 4.69) is 19.9 Å². The van der Waals surface area contributed by atoms with Crippen molar-refractivity contribution in [2.24, 2.45) is 0 Å². The van der Waals surface area contributed by atoms with Crippen molar-refractivity contribution >= 4 is 9.84 Å². The second-order valence-electron chi connectivity index (χ2n) is 11.9. The summed E-state index contributed by atoms with van der Waals surface area (Å²) < 4.78 is 79.8. The van der Waals surface area contributed by atoms with Gasteiger partial charge in [0, 0.05) is 31.9 Å². The summed E-state index contributed by atoms with van der Waals surface area (Å²) in [5, 5.41) is -0.387. The van der Waals surface area contributed by atoms with E-state index in [1.165, 1.54) is 76.5 Å². The van der Waals surface area contributed by atoms with Gasteiger partial charge in [-0.3, -0.25) is 0 Å². The zero-order valence-electron chi connectivity index (χ0n) is 30.7. The molecule has 4 aromatic heterocycles. The molecule has 0 N–H and O–H groups in total. The summed E-state index contributed by atoms with van der Waals surface area (Å²) in [5.74, 6) is -0.286. The van der Waals surface area contributed by atoms with Crippen LogP contribution < -0.4 is 16.0 Å². The third-order valence-electron chi connectivity index (χ3n) is 7.89. The van der Waals surface area contributed by atoms with Gasteiger partial charge in [-0.2, -0.15) is 14.5 Å². The van der Waals surface area contributed by atoms with Crippen LogP contribution in [0.2, 0.25) is 0 Å². The quantitative estimate of drug-likeness (QED) is 0.114. The van der Waals surface area contributed by atoms with Gasteiger partial charge >= 0.3 is 17.3 Å². The van der Waals surface area contributed by atoms with E-state index in [4.69, 9.17) is 23.3 Å². The lowest BCUT2D eigenvalue weighted by Crippen LogP contribution is -2.07. The van der Waals surface area contributed by atoms with Gasteiger partial charge in [0.2, 0.25) is 15.0 Å². The number of rotatable bonds is 13. The molecule has 0 atom stereocenters. The largest absolute Gasteiger partial charge is 0.424 e. The van der Waals surface area contributed by atoms with Crippen molar-refractivity contribution in [2.45, 2.75) is 32.5 Å². The minimum Gasteiger partial charge on any atom is -0.424 e. The highest BCUT2D eigenvalue weighted by Crippen LogP contribution is 2.32. The standard InChI is InChI=1S/C22H18FN3O4.C17H16FN3O5S/c1-2-28-14-26-20(19(21(27)30-26)15-8-10-16(23)11-9-15)18-12-13-24-22(25-18)29-17-6-4-3-5-7-17;1-3-25-10-21-15(13-8-9-19-17(20-13)27(2,23)24)14(16(22)26-21)11-4-6-12(18)7-5-11/h3-13H,2,14H2,1H3;4-9H,3,10H2,1-2H3. The van der Waals surface area contributed by atoms with Crippen molar-refractivity contribution in [1.29, 1.82) is 0 Å². The fourth-order valence-electron chi connectivity index (χ4n) is 5.38. The molecule has 0 aliphatic carbocycles. The lowest BCUT2D eigenvalue weighted by molar-refractivity contribution is 0.0314. The van der Waals surface area contributed by atoms with Crippen LogP contribution in [-0.4, -0.2) is 57.3 Å². The first kappa shape index (κ1) is 40.0. The van der Waals surface area contributed by atoms with Crippen LogP contribution in [0, 0.1) is 11.6 Å². The Hall–Kier alpha value is -6.63. The maximum absolute atomic E-state index is 13.4. The Morgan fingerprint density at radius 2 is 1.12 bits per heavy atom. The van der Waals surface area contributed by atoms with E-state index in [1.54, 1.807) is 25.1 Å². The van der Waals surface area contributed by atoms with Gasteiger partial charge in [0.25, 0.3) is 0 Å². The van der Waals surface area contributed by atoms with Gasteiger partial charge in [-0.05, 0) is 73.5 Å². The number of hydrogen-bond acceptors (Lipinski definition) is 13. The average Bonchev–Trinajstić information content (AvgIpc) is 3.72. The molecule has 294 valence electrons. The summed E-state index contributed by atoms with van der Waals surface area (Å²) in [5.41, 5.74) is 1.17. The molecule has 0 spiro atoms. The van der Waals surface area contributed by atoms with Gasteiger partial charge < -0.3 is 23.3 Å². The van der Waals surface area contributed by atoms with Gasteiger partial charge in [0.1, 0.15) is 28.8 Å². The number of halogens is 2. The number of aromatic nitrogens is 6. The third-order valence-corrected chi connectivity index (χ3v) is 8.75. The highest BCUT2D eigenvalue weighted by atomic mass is 32.2. The average molecular weight is 801 g/mol. The second-order valence-corrected chi connectivity index (χ2v) is 13.8. The molecule has 15 nitrogen and oxygen atoms in total. The van der Waals surface area contributed by atoms with E-state index in [0.717, 1.165) is 6.26 Å². The summed E-state index contributed by atoms with van der Waals surface area (Å²) in [7, 11) is -3.66. The summed E-state index contributed by atoms with van der Waals surface area (Å²) in [6, 6.07) is 23.2. The summed E-state index contributed by atoms with van der Waals surface area (Å²) in [6.45, 7) is 4.33. The molecule has 0 amide bonds. The molecule has 18 heteroatoms. The maximum atomic E-state index is 13.4. The summed E-state index contributed by atoms with van der Waals surface area (Å²) in [6.07, 6.45) is 3.78. The second kappa shape index (κ2) is 17.9. The Bertz CT molecular complexity index is 2680. The smallest absolute Gasteiger partial charge is 0.366 e. The van der Waals surface area contributed by atoms with E-state index < -0.39 is 32.7 Å². The molecule has 4 heterocycles. The molecule has 57 heavy (non-hydrogen) atoms. The molecule has 0 aliphatic heterocycles. The Labute approximate surface area is 323 Å². The van der Waals surface area contributed by atoms with Crippen molar-refractivity contribution in [1.82, 2.24) is 29.4 Å². The van der Waals surface area contributed by atoms with Gasteiger partial charge in [-0.25, -0.2) is 41.7 Å². The molecule has 0 saturated heterocycles. The molecule has 7 aromatic rings. The van der Waals surface area contributed by atoms with Crippen LogP contribution in [0.5, 0.6) is 11.8 Å². The van der Waals surface area contributed by atoms with Crippen molar-refractivity contribution in [3.63, 3.8) is 0 Å². The number of nitrogens with zero attached hydrogens (tertiary/aromatic N) is 6. The number of para-hydroxylation sites is 1. The fourth-order valence-corrected chi connectivity index (χ4v) is 5.89. The zero-order valence-corrected chi connectivity index (χ0v) is 31.5. The first-order valence-corrected chi connectivity index (χ1v) is 19.1. The Morgan fingerprint density at radius 3 is 1.60 bits per heavy atom. The van der Waals surface area contributed by atoms with Crippen molar-refractivity contribution in [3.05, 3.63) is 136 Å². The minimum absolute atomic E-state index is 0.0150. The molecular formula is C39H34F2N6O9S. The molecule has 3 aromatic carbocycles. The Balaban J connectivity index is 0.000000194. The maximum Gasteiger partial charge on any atom is 0.366 e. The van der Waals surface area contributed by atoms with Crippen LogP contribution in [-0.2, 0) is 32.8 Å². The van der Waals surface area contributed by atoms with Crippen LogP contribution in [0.15, 0.2) is 127 Å². The van der Waals surface area contributed by atoms with Crippen LogP contribution in [0.4, 0.5) is 8.78 Å². The Morgan fingerprint density at radius 1 is 0.649 bits per heavy atom. The predicted octanol–water partition coefficient (Wildman–Crippen LogP) is 6.59. The van der Waals surface area contributed by atoms with Gasteiger partial charge in [-0.1, -0.05) is 42.5 Å². The molecule has 0 aliphatic rings. The van der Waals surface area contributed by atoms with E-state index >= 15 is 0 Å². The van der Waals surface area contributed by atoms with Crippen molar-refractivity contribution < 1.29 is 40.5 Å². The zero-order chi connectivity index (χ0) is 40.5. The SMILES string of the molecule is CCOCn1oc(=O)c(-c2ccc(F)cc2)c1-c1ccnc(Oc2ccccc2)n1.CCOCn1oc(=O)c(-c2ccc(F)cc2)c1-c1ccnc(S(C)(=O)=O)n1. The number of sulfone groups is 1. The van der Waals surface area contributed by atoms with E-state index in [1.807, 2.05) is 25.1 Å². The molecule has 0 bridgehead atoms. The lowest BCUT2D eigenvalue weighted by Gasteiger charge is -2.09.